The molecule has 15 heavy (non-hydrogen) atoms. The molecule has 1 atom stereocenters. The van der Waals surface area contributed by atoms with Crippen LogP contribution in [0.15, 0.2) is 42.5 Å². The topological polar surface area (TPSA) is 29.3 Å². The lowest BCUT2D eigenvalue weighted by molar-refractivity contribution is 0.307. The molecule has 0 saturated carbocycles. The van der Waals surface area contributed by atoms with Gasteiger partial charge in [-0.2, -0.15) is 0 Å². The van der Waals surface area contributed by atoms with Crippen LogP contribution in [0.25, 0.3) is 10.8 Å². The lowest BCUT2D eigenvalue weighted by Crippen LogP contribution is -2.27. The smallest absolute Gasteiger partial charge is 0.0830 e. The Labute approximate surface area is 90.3 Å². The predicted molar refractivity (Wildman–Crippen MR) is 64.6 cm³/mol. The summed E-state index contributed by atoms with van der Waals surface area (Å²) in [5, 5.41) is 2.50. The molecule has 1 unspecified atom stereocenters. The van der Waals surface area contributed by atoms with E-state index in [1.54, 1.807) is 0 Å². The Bertz CT molecular complexity index is 463. The molecule has 0 aliphatic heterocycles. The number of hydrogen-bond donors (Lipinski definition) is 1. The molecule has 2 N–H and O–H groups in total. The normalized spacial score (nSPS) is 13.3. The van der Waals surface area contributed by atoms with Gasteiger partial charge >= 0.3 is 0 Å². The highest BCUT2D eigenvalue weighted by molar-refractivity contribution is 5.83. The summed E-state index contributed by atoms with van der Waals surface area (Å²) in [6.07, 6.45) is -0.0328. The molecule has 0 aliphatic carbocycles. The number of fused-ring (bicyclic) bond motifs is 1. The first-order chi connectivity index (χ1) is 7.18. The maximum absolute atomic E-state index is 6.05. The highest BCUT2D eigenvalue weighted by atomic mass is 15.2. The van der Waals surface area contributed by atoms with E-state index in [1.165, 1.54) is 10.8 Å². The van der Waals surface area contributed by atoms with Crippen LogP contribution in [0.3, 0.4) is 0 Å². The zero-order valence-electron chi connectivity index (χ0n) is 9.14. The average molecular weight is 200 g/mol. The Morgan fingerprint density at radius 3 is 2.33 bits per heavy atom. The molecule has 0 amide bonds. The Balaban J connectivity index is 2.47. The highest BCUT2D eigenvalue weighted by Gasteiger charge is 2.07. The van der Waals surface area contributed by atoms with E-state index in [9.17, 15) is 0 Å². The third kappa shape index (κ3) is 2.01. The summed E-state index contributed by atoms with van der Waals surface area (Å²) < 4.78 is 0. The van der Waals surface area contributed by atoms with Crippen LogP contribution in [-0.4, -0.2) is 19.0 Å². The first-order valence-electron chi connectivity index (χ1n) is 5.09. The molecule has 0 spiro atoms. The third-order valence-corrected chi connectivity index (χ3v) is 2.67. The molecule has 0 heterocycles. The quantitative estimate of drug-likeness (QED) is 0.754. The molecular formula is C13H16N2. The van der Waals surface area contributed by atoms with Crippen LogP contribution < -0.4 is 5.73 Å². The minimum Gasteiger partial charge on any atom is -0.312 e. The first kappa shape index (κ1) is 10.1. The molecule has 0 aromatic heterocycles. The monoisotopic (exact) mass is 200 g/mol. The van der Waals surface area contributed by atoms with Gasteiger partial charge in [0.25, 0.3) is 0 Å². The van der Waals surface area contributed by atoms with Crippen molar-refractivity contribution < 1.29 is 0 Å². The van der Waals surface area contributed by atoms with E-state index in [4.69, 9.17) is 5.73 Å². The minimum atomic E-state index is -0.0328. The summed E-state index contributed by atoms with van der Waals surface area (Å²) in [6.45, 7) is 0. The van der Waals surface area contributed by atoms with Crippen molar-refractivity contribution in [3.05, 3.63) is 48.0 Å². The zero-order valence-corrected chi connectivity index (χ0v) is 9.14. The minimum absolute atomic E-state index is 0.0328. The molecule has 2 aromatic rings. The summed E-state index contributed by atoms with van der Waals surface area (Å²) >= 11 is 0. The Kier molecular flexibility index (Phi) is 2.71. The average Bonchev–Trinajstić information content (AvgIpc) is 2.27. The maximum Gasteiger partial charge on any atom is 0.0830 e. The van der Waals surface area contributed by atoms with Crippen molar-refractivity contribution in [2.24, 2.45) is 5.73 Å². The van der Waals surface area contributed by atoms with Crippen LogP contribution >= 0.6 is 0 Å². The van der Waals surface area contributed by atoms with E-state index in [1.807, 2.05) is 31.1 Å². The van der Waals surface area contributed by atoms with Gasteiger partial charge in [0.2, 0.25) is 0 Å². The fourth-order valence-electron chi connectivity index (χ4n) is 1.69. The third-order valence-electron chi connectivity index (χ3n) is 2.67. The van der Waals surface area contributed by atoms with E-state index in [-0.39, 0.29) is 6.17 Å². The molecular weight excluding hydrogens is 184 g/mol. The summed E-state index contributed by atoms with van der Waals surface area (Å²) in [5.41, 5.74) is 7.21. The van der Waals surface area contributed by atoms with E-state index in [0.29, 0.717) is 0 Å². The summed E-state index contributed by atoms with van der Waals surface area (Å²) in [6, 6.07) is 14.7. The van der Waals surface area contributed by atoms with Crippen LogP contribution in [0.2, 0.25) is 0 Å². The standard InChI is InChI=1S/C13H16N2/c1-15(2)13(14)12-8-7-10-5-3-4-6-11(10)9-12/h3-9,13H,14H2,1-2H3. The molecule has 0 bridgehead atoms. The van der Waals surface area contributed by atoms with Crippen molar-refractivity contribution in [3.8, 4) is 0 Å². The van der Waals surface area contributed by atoms with E-state index in [0.717, 1.165) is 5.56 Å². The van der Waals surface area contributed by atoms with Crippen LogP contribution in [0.1, 0.15) is 11.7 Å². The number of hydrogen-bond acceptors (Lipinski definition) is 2. The highest BCUT2D eigenvalue weighted by Crippen LogP contribution is 2.19. The van der Waals surface area contributed by atoms with Gasteiger partial charge in [-0.1, -0.05) is 36.4 Å². The van der Waals surface area contributed by atoms with Crippen molar-refractivity contribution in [2.45, 2.75) is 6.17 Å². The van der Waals surface area contributed by atoms with Gasteiger partial charge in [0, 0.05) is 0 Å². The molecule has 0 radical (unpaired) electrons. The van der Waals surface area contributed by atoms with Gasteiger partial charge in [0.15, 0.2) is 0 Å². The van der Waals surface area contributed by atoms with E-state index >= 15 is 0 Å². The molecule has 2 rings (SSSR count). The Morgan fingerprint density at radius 1 is 1.00 bits per heavy atom. The maximum atomic E-state index is 6.05. The van der Waals surface area contributed by atoms with Crippen molar-refractivity contribution in [2.75, 3.05) is 14.1 Å². The van der Waals surface area contributed by atoms with E-state index in [2.05, 4.69) is 30.3 Å². The lowest BCUT2D eigenvalue weighted by atomic mass is 10.1. The number of nitrogens with two attached hydrogens (primary N) is 1. The van der Waals surface area contributed by atoms with Gasteiger partial charge < -0.3 is 5.73 Å². The van der Waals surface area contributed by atoms with Crippen molar-refractivity contribution in [1.82, 2.24) is 4.90 Å². The number of rotatable bonds is 2. The van der Waals surface area contributed by atoms with Gasteiger partial charge in [-0.25, -0.2) is 0 Å². The SMILES string of the molecule is CN(C)C(N)c1ccc2ccccc2c1. The van der Waals surface area contributed by atoms with Crippen molar-refractivity contribution >= 4 is 10.8 Å². The van der Waals surface area contributed by atoms with Gasteiger partial charge in [0.1, 0.15) is 0 Å². The molecule has 0 fully saturated rings. The van der Waals surface area contributed by atoms with Crippen molar-refractivity contribution in [3.63, 3.8) is 0 Å². The molecule has 2 aromatic carbocycles. The lowest BCUT2D eigenvalue weighted by Gasteiger charge is -2.20. The molecule has 2 nitrogen and oxygen atoms in total. The van der Waals surface area contributed by atoms with Crippen LogP contribution in [0, 0.1) is 0 Å². The molecule has 78 valence electrons. The molecule has 2 heteroatoms. The summed E-state index contributed by atoms with van der Waals surface area (Å²) in [5.74, 6) is 0. The summed E-state index contributed by atoms with van der Waals surface area (Å²) in [7, 11) is 3.97. The Hall–Kier alpha value is -1.38. The second-order valence-corrected chi connectivity index (χ2v) is 4.02. The summed E-state index contributed by atoms with van der Waals surface area (Å²) in [4.78, 5) is 2.00. The van der Waals surface area contributed by atoms with Crippen LogP contribution in [0.4, 0.5) is 0 Å². The van der Waals surface area contributed by atoms with Crippen molar-refractivity contribution in [1.29, 1.82) is 0 Å². The van der Waals surface area contributed by atoms with Crippen LogP contribution in [0.5, 0.6) is 0 Å². The predicted octanol–water partition coefficient (Wildman–Crippen LogP) is 2.36. The fraction of sp³-hybridized carbons (Fsp3) is 0.231. The zero-order chi connectivity index (χ0) is 10.8. The number of nitrogens with zero attached hydrogens (tertiary/aromatic N) is 1. The van der Waals surface area contributed by atoms with E-state index < -0.39 is 0 Å². The Morgan fingerprint density at radius 2 is 1.67 bits per heavy atom. The van der Waals surface area contributed by atoms with Gasteiger partial charge in [0.05, 0.1) is 6.17 Å². The van der Waals surface area contributed by atoms with Crippen LogP contribution in [-0.2, 0) is 0 Å². The fourth-order valence-corrected chi connectivity index (χ4v) is 1.69. The molecule has 0 saturated heterocycles. The second kappa shape index (κ2) is 4.01. The first-order valence-corrected chi connectivity index (χ1v) is 5.09. The van der Waals surface area contributed by atoms with Gasteiger partial charge in [-0.3, -0.25) is 4.90 Å². The number of benzene rings is 2. The second-order valence-electron chi connectivity index (χ2n) is 4.02. The molecule has 0 aliphatic rings. The van der Waals surface area contributed by atoms with Gasteiger partial charge in [-0.15, -0.1) is 0 Å². The largest absolute Gasteiger partial charge is 0.312 e. The van der Waals surface area contributed by atoms with Gasteiger partial charge in [-0.05, 0) is 36.5 Å².